The SMILES string of the molecule is COC(=O)C1=C(C(=O)OCc2ccccc2)CNC(=S)N1. The second kappa shape index (κ2) is 6.85. The number of methoxy groups -OCH3 is 1. The zero-order valence-corrected chi connectivity index (χ0v) is 12.2. The maximum atomic E-state index is 12.1. The zero-order valence-electron chi connectivity index (χ0n) is 11.3. The van der Waals surface area contributed by atoms with Gasteiger partial charge in [-0.1, -0.05) is 30.3 Å². The van der Waals surface area contributed by atoms with Crippen LogP contribution in [0.1, 0.15) is 5.56 Å². The standard InChI is InChI=1S/C14H14N2O4S/c1-19-13(18)11-10(7-15-14(21)16-11)12(17)20-8-9-5-3-2-4-6-9/h2-6H,7-8H2,1H3,(H2,15,16,21). The topological polar surface area (TPSA) is 76.7 Å². The first kappa shape index (κ1) is 15.0. The molecule has 110 valence electrons. The van der Waals surface area contributed by atoms with Gasteiger partial charge in [-0.2, -0.15) is 0 Å². The summed E-state index contributed by atoms with van der Waals surface area (Å²) in [6.45, 7) is 0.242. The van der Waals surface area contributed by atoms with Gasteiger partial charge in [0.15, 0.2) is 5.11 Å². The van der Waals surface area contributed by atoms with E-state index >= 15 is 0 Å². The summed E-state index contributed by atoms with van der Waals surface area (Å²) in [5.74, 6) is -1.26. The van der Waals surface area contributed by atoms with Crippen LogP contribution in [0.5, 0.6) is 0 Å². The Morgan fingerprint density at radius 2 is 1.95 bits per heavy atom. The predicted molar refractivity (Wildman–Crippen MR) is 79.0 cm³/mol. The van der Waals surface area contributed by atoms with Crippen molar-refractivity contribution < 1.29 is 19.1 Å². The molecule has 0 aliphatic carbocycles. The fourth-order valence-electron chi connectivity index (χ4n) is 1.75. The van der Waals surface area contributed by atoms with Crippen LogP contribution >= 0.6 is 12.2 Å². The van der Waals surface area contributed by atoms with Crippen molar-refractivity contribution in [2.45, 2.75) is 6.61 Å². The van der Waals surface area contributed by atoms with Gasteiger partial charge in [0.05, 0.1) is 19.2 Å². The average molecular weight is 306 g/mol. The van der Waals surface area contributed by atoms with Crippen molar-refractivity contribution in [2.24, 2.45) is 0 Å². The smallest absolute Gasteiger partial charge is 0.355 e. The molecule has 0 saturated carbocycles. The van der Waals surface area contributed by atoms with E-state index in [-0.39, 0.29) is 29.5 Å². The van der Waals surface area contributed by atoms with Crippen molar-refractivity contribution in [1.82, 2.24) is 10.6 Å². The van der Waals surface area contributed by atoms with Crippen LogP contribution in [-0.2, 0) is 25.7 Å². The largest absolute Gasteiger partial charge is 0.464 e. The van der Waals surface area contributed by atoms with Crippen LogP contribution in [0, 0.1) is 0 Å². The van der Waals surface area contributed by atoms with Gasteiger partial charge in [0.1, 0.15) is 12.3 Å². The van der Waals surface area contributed by atoms with E-state index in [0.29, 0.717) is 0 Å². The summed E-state index contributed by atoms with van der Waals surface area (Å²) in [5.41, 5.74) is 1.03. The van der Waals surface area contributed by atoms with Crippen LogP contribution < -0.4 is 10.6 Å². The number of ether oxygens (including phenoxy) is 2. The highest BCUT2D eigenvalue weighted by molar-refractivity contribution is 7.80. The molecule has 0 aromatic heterocycles. The summed E-state index contributed by atoms with van der Waals surface area (Å²) >= 11 is 4.91. The van der Waals surface area contributed by atoms with Gasteiger partial charge >= 0.3 is 11.9 Å². The molecule has 0 spiro atoms. The van der Waals surface area contributed by atoms with Crippen LogP contribution in [0.3, 0.4) is 0 Å². The van der Waals surface area contributed by atoms with Crippen LogP contribution in [-0.4, -0.2) is 30.7 Å². The van der Waals surface area contributed by atoms with Crippen molar-refractivity contribution in [3.05, 3.63) is 47.2 Å². The Kier molecular flexibility index (Phi) is 4.89. The molecule has 1 aliphatic rings. The second-order valence-electron chi connectivity index (χ2n) is 4.21. The molecule has 2 N–H and O–H groups in total. The molecule has 1 aromatic carbocycles. The Morgan fingerprint density at radius 1 is 1.24 bits per heavy atom. The van der Waals surface area contributed by atoms with Gasteiger partial charge in [-0.05, 0) is 17.8 Å². The molecular formula is C14H14N2O4S. The number of esters is 2. The quantitative estimate of drug-likeness (QED) is 0.624. The lowest BCUT2D eigenvalue weighted by Gasteiger charge is -2.21. The Balaban J connectivity index is 2.11. The highest BCUT2D eigenvalue weighted by atomic mass is 32.1. The first-order valence-electron chi connectivity index (χ1n) is 6.19. The Morgan fingerprint density at radius 3 is 2.62 bits per heavy atom. The van der Waals surface area contributed by atoms with Crippen molar-refractivity contribution >= 4 is 29.3 Å². The monoisotopic (exact) mass is 306 g/mol. The van der Waals surface area contributed by atoms with E-state index in [9.17, 15) is 9.59 Å². The van der Waals surface area contributed by atoms with Gasteiger partial charge in [-0.3, -0.25) is 0 Å². The number of hydrogen-bond donors (Lipinski definition) is 2. The van der Waals surface area contributed by atoms with E-state index in [4.69, 9.17) is 17.0 Å². The van der Waals surface area contributed by atoms with Crippen molar-refractivity contribution in [2.75, 3.05) is 13.7 Å². The molecule has 0 fully saturated rings. The Hall–Kier alpha value is -2.41. The minimum atomic E-state index is -0.662. The molecule has 21 heavy (non-hydrogen) atoms. The van der Waals surface area contributed by atoms with Crippen LogP contribution in [0.4, 0.5) is 0 Å². The summed E-state index contributed by atoms with van der Waals surface area (Å²) in [6, 6.07) is 9.26. The molecule has 0 bridgehead atoms. The molecule has 0 atom stereocenters. The van der Waals surface area contributed by atoms with Gasteiger partial charge in [0.2, 0.25) is 0 Å². The molecule has 0 radical (unpaired) electrons. The van der Waals surface area contributed by atoms with E-state index in [1.807, 2.05) is 30.3 Å². The zero-order chi connectivity index (χ0) is 15.2. The van der Waals surface area contributed by atoms with Gasteiger partial charge in [0.25, 0.3) is 0 Å². The lowest BCUT2D eigenvalue weighted by Crippen LogP contribution is -2.46. The molecule has 7 heteroatoms. The second-order valence-corrected chi connectivity index (χ2v) is 4.62. The number of hydrogen-bond acceptors (Lipinski definition) is 5. The molecule has 1 aromatic rings. The third-order valence-electron chi connectivity index (χ3n) is 2.81. The molecule has 0 saturated heterocycles. The maximum Gasteiger partial charge on any atom is 0.355 e. The van der Waals surface area contributed by atoms with Gasteiger partial charge in [0, 0.05) is 0 Å². The minimum absolute atomic E-state index is 0.0133. The molecule has 0 amide bonds. The number of thiocarbonyl (C=S) groups is 1. The van der Waals surface area contributed by atoms with Crippen molar-refractivity contribution in [3.63, 3.8) is 0 Å². The summed E-state index contributed by atoms with van der Waals surface area (Å²) in [6.07, 6.45) is 0. The number of carbonyl (C=O) groups is 2. The lowest BCUT2D eigenvalue weighted by atomic mass is 10.1. The van der Waals surface area contributed by atoms with E-state index in [1.165, 1.54) is 7.11 Å². The molecule has 2 rings (SSSR count). The third-order valence-corrected chi connectivity index (χ3v) is 3.06. The summed E-state index contributed by atoms with van der Waals surface area (Å²) in [4.78, 5) is 23.8. The molecule has 6 nitrogen and oxygen atoms in total. The lowest BCUT2D eigenvalue weighted by molar-refractivity contribution is -0.142. The summed E-state index contributed by atoms with van der Waals surface area (Å²) in [7, 11) is 1.23. The minimum Gasteiger partial charge on any atom is -0.464 e. The van der Waals surface area contributed by atoms with Crippen LogP contribution in [0.25, 0.3) is 0 Å². The summed E-state index contributed by atoms with van der Waals surface area (Å²) in [5, 5.41) is 5.65. The normalized spacial score (nSPS) is 14.0. The third kappa shape index (κ3) is 3.79. The fourth-order valence-corrected chi connectivity index (χ4v) is 1.93. The van der Waals surface area contributed by atoms with E-state index in [1.54, 1.807) is 0 Å². The van der Waals surface area contributed by atoms with Gasteiger partial charge < -0.3 is 20.1 Å². The Bertz CT molecular complexity index is 598. The molecule has 1 heterocycles. The molecular weight excluding hydrogens is 292 g/mol. The number of rotatable bonds is 4. The van der Waals surface area contributed by atoms with E-state index in [2.05, 4.69) is 15.4 Å². The summed E-state index contributed by atoms with van der Waals surface area (Å²) < 4.78 is 9.83. The number of nitrogens with one attached hydrogen (secondary N) is 2. The van der Waals surface area contributed by atoms with Gasteiger partial charge in [-0.25, -0.2) is 9.59 Å². The number of benzene rings is 1. The van der Waals surface area contributed by atoms with Crippen LogP contribution in [0.15, 0.2) is 41.6 Å². The predicted octanol–water partition coefficient (Wildman–Crippen LogP) is 0.635. The highest BCUT2D eigenvalue weighted by Crippen LogP contribution is 2.11. The highest BCUT2D eigenvalue weighted by Gasteiger charge is 2.27. The number of carbonyl (C=O) groups excluding carboxylic acids is 2. The Labute approximate surface area is 127 Å². The van der Waals surface area contributed by atoms with Crippen molar-refractivity contribution in [1.29, 1.82) is 0 Å². The van der Waals surface area contributed by atoms with E-state index < -0.39 is 11.9 Å². The molecule has 1 aliphatic heterocycles. The van der Waals surface area contributed by atoms with E-state index in [0.717, 1.165) is 5.56 Å². The molecule has 0 unspecified atom stereocenters. The first-order valence-corrected chi connectivity index (χ1v) is 6.60. The van der Waals surface area contributed by atoms with Crippen molar-refractivity contribution in [3.8, 4) is 0 Å². The average Bonchev–Trinajstić information content (AvgIpc) is 2.52. The fraction of sp³-hybridized carbons (Fsp3) is 0.214. The van der Waals surface area contributed by atoms with Gasteiger partial charge in [-0.15, -0.1) is 0 Å². The van der Waals surface area contributed by atoms with Crippen LogP contribution in [0.2, 0.25) is 0 Å². The maximum absolute atomic E-state index is 12.1. The first-order chi connectivity index (χ1) is 10.1.